The molecule has 110 valence electrons. The van der Waals surface area contributed by atoms with Gasteiger partial charge < -0.3 is 0 Å². The number of rotatable bonds is 4. The number of hydrogen-bond donors (Lipinski definition) is 1. The van der Waals surface area contributed by atoms with E-state index in [1.807, 2.05) is 32.0 Å². The molecule has 21 heavy (non-hydrogen) atoms. The van der Waals surface area contributed by atoms with Crippen molar-refractivity contribution in [1.82, 2.24) is 4.83 Å². The van der Waals surface area contributed by atoms with Crippen molar-refractivity contribution in [1.29, 1.82) is 0 Å². The number of aryl methyl sites for hydroxylation is 2. The number of sulfonamides is 1. The minimum Gasteiger partial charge on any atom is -0.200 e. The van der Waals surface area contributed by atoms with E-state index in [2.05, 4.69) is 25.9 Å². The van der Waals surface area contributed by atoms with Crippen molar-refractivity contribution in [3.8, 4) is 0 Å². The average molecular weight is 367 g/mol. The molecule has 4 nitrogen and oxygen atoms in total. The molecule has 1 N–H and O–H groups in total. The van der Waals surface area contributed by atoms with Crippen molar-refractivity contribution < 1.29 is 8.42 Å². The van der Waals surface area contributed by atoms with Gasteiger partial charge in [0.1, 0.15) is 0 Å². The molecule has 0 bridgehead atoms. The van der Waals surface area contributed by atoms with Crippen LogP contribution < -0.4 is 4.83 Å². The summed E-state index contributed by atoms with van der Waals surface area (Å²) in [5, 5.41) is 3.80. The molecule has 0 fully saturated rings. The fourth-order valence-electron chi connectivity index (χ4n) is 1.69. The Labute approximate surface area is 133 Å². The van der Waals surface area contributed by atoms with Crippen LogP contribution >= 0.6 is 15.9 Å². The SMILES string of the molecule is Cc1ccc(S(=O)(=O)N/N=C/c2ccc(Br)c(C)c2)cc1. The summed E-state index contributed by atoms with van der Waals surface area (Å²) in [6.45, 7) is 3.86. The molecule has 0 atom stereocenters. The van der Waals surface area contributed by atoms with Crippen LogP contribution in [-0.2, 0) is 10.0 Å². The summed E-state index contributed by atoms with van der Waals surface area (Å²) in [5.74, 6) is 0. The average Bonchev–Trinajstić information content (AvgIpc) is 2.43. The Morgan fingerprint density at radius 2 is 1.76 bits per heavy atom. The summed E-state index contributed by atoms with van der Waals surface area (Å²) < 4.78 is 25.0. The quantitative estimate of drug-likeness (QED) is 0.665. The van der Waals surface area contributed by atoms with Crippen LogP contribution in [0.2, 0.25) is 0 Å². The van der Waals surface area contributed by atoms with E-state index in [0.29, 0.717) is 0 Å². The monoisotopic (exact) mass is 366 g/mol. The van der Waals surface area contributed by atoms with Gasteiger partial charge in [-0.15, -0.1) is 0 Å². The summed E-state index contributed by atoms with van der Waals surface area (Å²) in [7, 11) is -3.62. The van der Waals surface area contributed by atoms with E-state index >= 15 is 0 Å². The zero-order chi connectivity index (χ0) is 15.5. The number of benzene rings is 2. The lowest BCUT2D eigenvalue weighted by atomic mass is 10.2. The highest BCUT2D eigenvalue weighted by Crippen LogP contribution is 2.16. The van der Waals surface area contributed by atoms with Crippen molar-refractivity contribution >= 4 is 32.2 Å². The van der Waals surface area contributed by atoms with Gasteiger partial charge in [-0.05, 0) is 49.2 Å². The fraction of sp³-hybridized carbons (Fsp3) is 0.133. The lowest BCUT2D eigenvalue weighted by Gasteiger charge is -2.04. The first-order chi connectivity index (χ1) is 9.88. The van der Waals surface area contributed by atoms with Crippen molar-refractivity contribution in [3.05, 3.63) is 63.6 Å². The number of hydrazone groups is 1. The molecule has 6 heteroatoms. The van der Waals surface area contributed by atoms with Gasteiger partial charge in [-0.3, -0.25) is 0 Å². The maximum Gasteiger partial charge on any atom is 0.276 e. The van der Waals surface area contributed by atoms with Crippen molar-refractivity contribution in [2.45, 2.75) is 18.7 Å². The Morgan fingerprint density at radius 1 is 1.10 bits per heavy atom. The third-order valence-corrected chi connectivity index (χ3v) is 5.03. The standard InChI is InChI=1S/C15H15BrN2O2S/c1-11-3-6-14(7-4-11)21(19,20)18-17-10-13-5-8-15(16)12(2)9-13/h3-10,18H,1-2H3/b17-10+. The highest BCUT2D eigenvalue weighted by molar-refractivity contribution is 9.10. The van der Waals surface area contributed by atoms with Gasteiger partial charge in [0.2, 0.25) is 0 Å². The zero-order valence-electron chi connectivity index (χ0n) is 11.7. The molecule has 0 aliphatic carbocycles. The van der Waals surface area contributed by atoms with E-state index in [0.717, 1.165) is 21.2 Å². The molecule has 0 saturated heterocycles. The summed E-state index contributed by atoms with van der Waals surface area (Å²) in [6.07, 6.45) is 1.48. The molecule has 0 spiro atoms. The molecule has 2 rings (SSSR count). The second kappa shape index (κ2) is 6.41. The van der Waals surface area contributed by atoms with Crippen molar-refractivity contribution in [2.24, 2.45) is 5.10 Å². The van der Waals surface area contributed by atoms with Crippen LogP contribution in [0.5, 0.6) is 0 Å². The van der Waals surface area contributed by atoms with Gasteiger partial charge in [-0.1, -0.05) is 39.7 Å². The molecular formula is C15H15BrN2O2S. The Morgan fingerprint density at radius 3 is 2.38 bits per heavy atom. The van der Waals surface area contributed by atoms with Crippen LogP contribution in [0.15, 0.2) is 56.9 Å². The van der Waals surface area contributed by atoms with Crippen LogP contribution in [0.4, 0.5) is 0 Å². The molecule has 0 aliphatic heterocycles. The van der Waals surface area contributed by atoms with Crippen LogP contribution in [0.3, 0.4) is 0 Å². The molecule has 0 amide bonds. The van der Waals surface area contributed by atoms with Crippen LogP contribution in [0, 0.1) is 13.8 Å². The fourth-order valence-corrected chi connectivity index (χ4v) is 2.73. The first-order valence-corrected chi connectivity index (χ1v) is 8.54. The molecule has 0 aliphatic rings. The summed E-state index contributed by atoms with van der Waals surface area (Å²) >= 11 is 3.41. The van der Waals surface area contributed by atoms with Crippen molar-refractivity contribution in [3.63, 3.8) is 0 Å². The maximum absolute atomic E-state index is 12.0. The molecule has 0 heterocycles. The van der Waals surface area contributed by atoms with E-state index in [4.69, 9.17) is 0 Å². The Balaban J connectivity index is 2.12. The van der Waals surface area contributed by atoms with E-state index in [-0.39, 0.29) is 4.90 Å². The lowest BCUT2D eigenvalue weighted by Crippen LogP contribution is -2.18. The predicted octanol–water partition coefficient (Wildman–Crippen LogP) is 3.38. The highest BCUT2D eigenvalue weighted by Gasteiger charge is 2.11. The second-order valence-corrected chi connectivity index (χ2v) is 7.19. The first kappa shape index (κ1) is 15.7. The van der Waals surface area contributed by atoms with Gasteiger partial charge in [-0.25, -0.2) is 4.83 Å². The Hall–Kier alpha value is -1.66. The second-order valence-electron chi connectivity index (χ2n) is 4.67. The lowest BCUT2D eigenvalue weighted by molar-refractivity contribution is 0.584. The van der Waals surface area contributed by atoms with Crippen LogP contribution in [0.25, 0.3) is 0 Å². The minimum absolute atomic E-state index is 0.192. The summed E-state index contributed by atoms with van der Waals surface area (Å²) in [5.41, 5.74) is 2.88. The van der Waals surface area contributed by atoms with Crippen molar-refractivity contribution in [2.75, 3.05) is 0 Å². The smallest absolute Gasteiger partial charge is 0.200 e. The minimum atomic E-state index is -3.62. The van der Waals surface area contributed by atoms with E-state index < -0.39 is 10.0 Å². The van der Waals surface area contributed by atoms with Crippen LogP contribution in [-0.4, -0.2) is 14.6 Å². The number of hydrogen-bond acceptors (Lipinski definition) is 3. The van der Waals surface area contributed by atoms with E-state index in [1.165, 1.54) is 6.21 Å². The highest BCUT2D eigenvalue weighted by atomic mass is 79.9. The number of halogens is 1. The Bertz CT molecular complexity index is 769. The summed E-state index contributed by atoms with van der Waals surface area (Å²) in [6, 6.07) is 12.3. The Kier molecular flexibility index (Phi) is 4.80. The zero-order valence-corrected chi connectivity index (χ0v) is 14.1. The van der Waals surface area contributed by atoms with E-state index in [1.54, 1.807) is 24.3 Å². The van der Waals surface area contributed by atoms with Gasteiger partial charge >= 0.3 is 0 Å². The molecule has 0 saturated carbocycles. The third kappa shape index (κ3) is 4.15. The molecule has 2 aromatic rings. The maximum atomic E-state index is 12.0. The predicted molar refractivity (Wildman–Crippen MR) is 88.0 cm³/mol. The van der Waals surface area contributed by atoms with Gasteiger partial charge in [0.25, 0.3) is 10.0 Å². The molecular weight excluding hydrogens is 352 g/mol. The third-order valence-electron chi connectivity index (χ3n) is 2.90. The van der Waals surface area contributed by atoms with Crippen LogP contribution in [0.1, 0.15) is 16.7 Å². The van der Waals surface area contributed by atoms with Gasteiger partial charge in [0.05, 0.1) is 11.1 Å². The van der Waals surface area contributed by atoms with Gasteiger partial charge in [-0.2, -0.15) is 13.5 Å². The molecule has 0 aromatic heterocycles. The normalized spacial score (nSPS) is 11.8. The van der Waals surface area contributed by atoms with E-state index in [9.17, 15) is 8.42 Å². The number of nitrogens with zero attached hydrogens (tertiary/aromatic N) is 1. The topological polar surface area (TPSA) is 58.5 Å². The molecule has 2 aromatic carbocycles. The summed E-state index contributed by atoms with van der Waals surface area (Å²) in [4.78, 5) is 2.40. The number of nitrogens with one attached hydrogen (secondary N) is 1. The van der Waals surface area contributed by atoms with Gasteiger partial charge in [0.15, 0.2) is 0 Å². The largest absolute Gasteiger partial charge is 0.276 e. The molecule has 0 unspecified atom stereocenters. The van der Waals surface area contributed by atoms with Gasteiger partial charge in [0, 0.05) is 4.47 Å². The molecule has 0 radical (unpaired) electrons. The first-order valence-electron chi connectivity index (χ1n) is 6.26.